The van der Waals surface area contributed by atoms with Crippen molar-refractivity contribution in [3.05, 3.63) is 47.8 Å². The van der Waals surface area contributed by atoms with E-state index in [2.05, 4.69) is 16.4 Å². The first-order chi connectivity index (χ1) is 10.9. The lowest BCUT2D eigenvalue weighted by molar-refractivity contribution is 0.0584. The number of amides is 1. The molecule has 0 aliphatic carbocycles. The van der Waals surface area contributed by atoms with E-state index in [0.29, 0.717) is 6.54 Å². The average molecular weight is 313 g/mol. The van der Waals surface area contributed by atoms with Crippen molar-refractivity contribution in [3.8, 4) is 0 Å². The molecule has 2 aromatic rings. The largest absolute Gasteiger partial charge is 0.443 e. The van der Waals surface area contributed by atoms with Gasteiger partial charge < -0.3 is 15.0 Å². The Morgan fingerprint density at radius 2 is 2.17 bits per heavy atom. The van der Waals surface area contributed by atoms with Gasteiger partial charge in [-0.05, 0) is 63.1 Å². The number of hydrogen-bond donors (Lipinski definition) is 2. The number of rotatable bonds is 3. The third-order valence-electron chi connectivity index (χ3n) is 3.73. The lowest BCUT2D eigenvalue weighted by Crippen LogP contribution is -2.35. The summed E-state index contributed by atoms with van der Waals surface area (Å²) in [4.78, 5) is 17.2. The number of ether oxygens (including phenoxy) is 1. The Labute approximate surface area is 136 Å². The minimum Gasteiger partial charge on any atom is -0.443 e. The van der Waals surface area contributed by atoms with Gasteiger partial charge in [-0.15, -0.1) is 0 Å². The third-order valence-corrected chi connectivity index (χ3v) is 3.73. The molecular formula is C18H23N3O2. The topological polar surface area (TPSA) is 57.4 Å². The highest BCUT2D eigenvalue weighted by Crippen LogP contribution is 2.31. The van der Waals surface area contributed by atoms with E-state index in [0.717, 1.165) is 30.0 Å². The summed E-state index contributed by atoms with van der Waals surface area (Å²) in [5, 5.41) is 3.39. The predicted octanol–water partition coefficient (Wildman–Crippen LogP) is 3.92. The molecule has 2 heterocycles. The summed E-state index contributed by atoms with van der Waals surface area (Å²) in [6.07, 6.45) is 2.49. The van der Waals surface area contributed by atoms with Crippen LogP contribution in [0.4, 0.5) is 16.2 Å². The van der Waals surface area contributed by atoms with Crippen LogP contribution in [0.3, 0.4) is 0 Å². The second-order valence-electron chi connectivity index (χ2n) is 6.77. The highest BCUT2D eigenvalue weighted by atomic mass is 16.6. The molecule has 0 unspecified atom stereocenters. The van der Waals surface area contributed by atoms with Gasteiger partial charge >= 0.3 is 6.09 Å². The third kappa shape index (κ3) is 3.67. The van der Waals surface area contributed by atoms with Crippen molar-refractivity contribution >= 4 is 17.5 Å². The zero-order valence-corrected chi connectivity index (χ0v) is 13.8. The number of aromatic nitrogens is 1. The van der Waals surface area contributed by atoms with E-state index in [4.69, 9.17) is 4.74 Å². The molecule has 3 rings (SSSR count). The zero-order valence-electron chi connectivity index (χ0n) is 13.8. The molecule has 1 aliphatic rings. The molecule has 1 aliphatic heterocycles. The molecule has 0 saturated heterocycles. The maximum atomic E-state index is 12.3. The fourth-order valence-corrected chi connectivity index (χ4v) is 2.69. The van der Waals surface area contributed by atoms with E-state index in [1.54, 1.807) is 4.90 Å². The first-order valence-corrected chi connectivity index (χ1v) is 7.92. The lowest BCUT2D eigenvalue weighted by atomic mass is 10.1. The zero-order chi connectivity index (χ0) is 16.4. The van der Waals surface area contributed by atoms with E-state index >= 15 is 0 Å². The molecule has 0 saturated carbocycles. The summed E-state index contributed by atoms with van der Waals surface area (Å²) in [6, 6.07) is 10.1. The van der Waals surface area contributed by atoms with E-state index in [-0.39, 0.29) is 6.09 Å². The van der Waals surface area contributed by atoms with E-state index in [1.807, 2.05) is 51.2 Å². The number of nitrogens with zero attached hydrogens (tertiary/aromatic N) is 1. The number of H-pyrrole nitrogens is 1. The summed E-state index contributed by atoms with van der Waals surface area (Å²) in [7, 11) is 0. The standard InChI is InChI=1S/C18H23N3O2/c1-18(2,3)23-17(22)21-10-8-13-11-14(6-7-16(13)21)20-12-15-5-4-9-19-15/h4-7,9,11,19-20H,8,10,12H2,1-3H3. The van der Waals surface area contributed by atoms with Gasteiger partial charge in [-0.3, -0.25) is 4.90 Å². The molecule has 0 spiro atoms. The molecular weight excluding hydrogens is 290 g/mol. The first-order valence-electron chi connectivity index (χ1n) is 7.92. The maximum Gasteiger partial charge on any atom is 0.414 e. The van der Waals surface area contributed by atoms with Crippen LogP contribution in [0.2, 0.25) is 0 Å². The number of anilines is 2. The first kappa shape index (κ1) is 15.5. The van der Waals surface area contributed by atoms with Crippen LogP contribution in [0, 0.1) is 0 Å². The molecule has 0 radical (unpaired) electrons. The Morgan fingerprint density at radius 1 is 1.35 bits per heavy atom. The van der Waals surface area contributed by atoms with Crippen LogP contribution in [-0.4, -0.2) is 23.2 Å². The fourth-order valence-electron chi connectivity index (χ4n) is 2.69. The Morgan fingerprint density at radius 3 is 2.87 bits per heavy atom. The fraction of sp³-hybridized carbons (Fsp3) is 0.389. The molecule has 1 aromatic carbocycles. The molecule has 1 amide bonds. The van der Waals surface area contributed by atoms with Gasteiger partial charge in [-0.1, -0.05) is 0 Å². The number of benzene rings is 1. The van der Waals surface area contributed by atoms with Gasteiger partial charge in [0.15, 0.2) is 0 Å². The van der Waals surface area contributed by atoms with Crippen molar-refractivity contribution in [1.82, 2.24) is 4.98 Å². The number of carbonyl (C=O) groups is 1. The molecule has 1 aromatic heterocycles. The second kappa shape index (κ2) is 5.99. The smallest absolute Gasteiger partial charge is 0.414 e. The van der Waals surface area contributed by atoms with Crippen LogP contribution >= 0.6 is 0 Å². The highest BCUT2D eigenvalue weighted by Gasteiger charge is 2.28. The predicted molar refractivity (Wildman–Crippen MR) is 91.8 cm³/mol. The molecule has 0 bridgehead atoms. The van der Waals surface area contributed by atoms with Gasteiger partial charge in [0, 0.05) is 24.1 Å². The number of carbonyl (C=O) groups excluding carboxylic acids is 1. The number of aromatic amines is 1. The number of hydrogen-bond acceptors (Lipinski definition) is 3. The van der Waals surface area contributed by atoms with Crippen LogP contribution in [0.5, 0.6) is 0 Å². The number of nitrogens with one attached hydrogen (secondary N) is 2. The summed E-state index contributed by atoms with van der Waals surface area (Å²) in [5.41, 5.74) is 3.85. The van der Waals surface area contributed by atoms with Gasteiger partial charge in [-0.25, -0.2) is 4.79 Å². The quantitative estimate of drug-likeness (QED) is 0.903. The van der Waals surface area contributed by atoms with Crippen molar-refractivity contribution in [2.45, 2.75) is 39.3 Å². The summed E-state index contributed by atoms with van der Waals surface area (Å²) < 4.78 is 5.47. The van der Waals surface area contributed by atoms with E-state index in [9.17, 15) is 4.79 Å². The Kier molecular flexibility index (Phi) is 4.03. The molecule has 122 valence electrons. The van der Waals surface area contributed by atoms with Crippen molar-refractivity contribution < 1.29 is 9.53 Å². The van der Waals surface area contributed by atoms with E-state index in [1.165, 1.54) is 5.56 Å². The minimum atomic E-state index is -0.475. The van der Waals surface area contributed by atoms with Crippen LogP contribution < -0.4 is 10.2 Å². The number of fused-ring (bicyclic) bond motifs is 1. The van der Waals surface area contributed by atoms with Gasteiger partial charge in [0.2, 0.25) is 0 Å². The van der Waals surface area contributed by atoms with E-state index < -0.39 is 5.60 Å². The van der Waals surface area contributed by atoms with Crippen LogP contribution in [-0.2, 0) is 17.7 Å². The average Bonchev–Trinajstić information content (AvgIpc) is 3.12. The minimum absolute atomic E-state index is 0.275. The second-order valence-corrected chi connectivity index (χ2v) is 6.77. The molecule has 2 N–H and O–H groups in total. The summed E-state index contributed by atoms with van der Waals surface area (Å²) in [5.74, 6) is 0. The lowest BCUT2D eigenvalue weighted by Gasteiger charge is -2.24. The molecule has 5 heteroatoms. The monoisotopic (exact) mass is 313 g/mol. The van der Waals surface area contributed by atoms with Crippen molar-refractivity contribution in [2.24, 2.45) is 0 Å². The summed E-state index contributed by atoms with van der Waals surface area (Å²) in [6.45, 7) is 7.08. The van der Waals surface area contributed by atoms with Crippen molar-refractivity contribution in [2.75, 3.05) is 16.8 Å². The van der Waals surface area contributed by atoms with Crippen LogP contribution in [0.15, 0.2) is 36.5 Å². The molecule has 23 heavy (non-hydrogen) atoms. The molecule has 5 nitrogen and oxygen atoms in total. The van der Waals surface area contributed by atoms with Crippen molar-refractivity contribution in [1.29, 1.82) is 0 Å². The summed E-state index contributed by atoms with van der Waals surface area (Å²) >= 11 is 0. The Balaban J connectivity index is 1.68. The van der Waals surface area contributed by atoms with Gasteiger partial charge in [-0.2, -0.15) is 0 Å². The molecule has 0 fully saturated rings. The normalized spacial score (nSPS) is 13.8. The highest BCUT2D eigenvalue weighted by molar-refractivity contribution is 5.91. The van der Waals surface area contributed by atoms with Gasteiger partial charge in [0.1, 0.15) is 5.60 Å². The van der Waals surface area contributed by atoms with Crippen molar-refractivity contribution in [3.63, 3.8) is 0 Å². The Bertz CT molecular complexity index is 687. The molecule has 0 atom stereocenters. The van der Waals surface area contributed by atoms with Crippen LogP contribution in [0.1, 0.15) is 32.0 Å². The van der Waals surface area contributed by atoms with Crippen LogP contribution in [0.25, 0.3) is 0 Å². The van der Waals surface area contributed by atoms with Gasteiger partial charge in [0.25, 0.3) is 0 Å². The van der Waals surface area contributed by atoms with Gasteiger partial charge in [0.05, 0.1) is 12.2 Å². The SMILES string of the molecule is CC(C)(C)OC(=O)N1CCc2cc(NCc3ccc[nH]3)ccc21. The Hall–Kier alpha value is -2.43. The maximum absolute atomic E-state index is 12.3.